The molecule has 78 valence electrons. The lowest BCUT2D eigenvalue weighted by molar-refractivity contribution is 0.605. The van der Waals surface area contributed by atoms with Crippen molar-refractivity contribution in [3.8, 4) is 0 Å². The second-order valence-electron chi connectivity index (χ2n) is 4.83. The van der Waals surface area contributed by atoms with E-state index in [0.717, 1.165) is 12.8 Å². The van der Waals surface area contributed by atoms with Crippen molar-refractivity contribution in [2.75, 3.05) is 0 Å². The molecule has 1 fully saturated rings. The number of nitrogens with zero attached hydrogens (tertiary/aromatic N) is 1. The summed E-state index contributed by atoms with van der Waals surface area (Å²) < 4.78 is 0. The van der Waals surface area contributed by atoms with Crippen LogP contribution in [0.25, 0.3) is 0 Å². The van der Waals surface area contributed by atoms with Crippen molar-refractivity contribution in [1.29, 1.82) is 0 Å². The Hall–Kier alpha value is -0.830. The summed E-state index contributed by atoms with van der Waals surface area (Å²) in [5.74, 6) is 0.528. The fraction of sp³-hybridized carbons (Fsp3) is 0.727. The zero-order valence-corrected chi connectivity index (χ0v) is 9.01. The predicted molar refractivity (Wildman–Crippen MR) is 57.2 cm³/mol. The third kappa shape index (κ3) is 1.98. The van der Waals surface area contributed by atoms with E-state index in [2.05, 4.69) is 24.0 Å². The van der Waals surface area contributed by atoms with E-state index < -0.39 is 0 Å². The first-order valence-corrected chi connectivity index (χ1v) is 5.42. The molecule has 1 aliphatic carbocycles. The minimum atomic E-state index is 0.158. The molecule has 3 nitrogen and oxygen atoms in total. The molecule has 0 bridgehead atoms. The maximum atomic E-state index is 6.06. The first-order valence-electron chi connectivity index (χ1n) is 5.42. The van der Waals surface area contributed by atoms with Crippen LogP contribution in [0.3, 0.4) is 0 Å². The fourth-order valence-corrected chi connectivity index (χ4v) is 1.81. The Labute approximate surface area is 85.1 Å². The minimum Gasteiger partial charge on any atom is -0.325 e. The molecule has 1 aromatic rings. The van der Waals surface area contributed by atoms with Gasteiger partial charge in [0.25, 0.3) is 0 Å². The topological polar surface area (TPSA) is 54.7 Å². The molecule has 1 saturated carbocycles. The molecule has 0 aliphatic heterocycles. The third-order valence-corrected chi connectivity index (χ3v) is 3.11. The molecule has 0 amide bonds. The standard InChI is InChI=1S/C11H19N3/c1-8(2)10-9(7-13-14-10)3-4-11(12)5-6-11/h7-8H,3-6,12H2,1-2H3,(H,13,14). The molecule has 0 unspecified atom stereocenters. The van der Waals surface area contributed by atoms with E-state index in [-0.39, 0.29) is 5.54 Å². The number of nitrogens with one attached hydrogen (secondary N) is 1. The molecule has 3 heteroatoms. The molecule has 14 heavy (non-hydrogen) atoms. The second kappa shape index (κ2) is 3.39. The summed E-state index contributed by atoms with van der Waals surface area (Å²) in [6.07, 6.45) is 6.51. The maximum absolute atomic E-state index is 6.06. The second-order valence-corrected chi connectivity index (χ2v) is 4.83. The summed E-state index contributed by atoms with van der Waals surface area (Å²) in [4.78, 5) is 0. The zero-order valence-electron chi connectivity index (χ0n) is 9.01. The molecule has 3 N–H and O–H groups in total. The molecule has 1 aliphatic rings. The monoisotopic (exact) mass is 193 g/mol. The Bertz CT molecular complexity index is 310. The first-order chi connectivity index (χ1) is 6.61. The van der Waals surface area contributed by atoms with Crippen molar-refractivity contribution in [2.45, 2.75) is 51.0 Å². The molecule has 0 radical (unpaired) electrons. The maximum Gasteiger partial charge on any atom is 0.0522 e. The van der Waals surface area contributed by atoms with E-state index in [1.165, 1.54) is 24.1 Å². The van der Waals surface area contributed by atoms with Gasteiger partial charge >= 0.3 is 0 Å². The van der Waals surface area contributed by atoms with Gasteiger partial charge < -0.3 is 5.73 Å². The average Bonchev–Trinajstić information content (AvgIpc) is 2.68. The van der Waals surface area contributed by atoms with Crippen molar-refractivity contribution in [2.24, 2.45) is 5.73 Å². The highest BCUT2D eigenvalue weighted by atomic mass is 15.1. The van der Waals surface area contributed by atoms with E-state index in [0.29, 0.717) is 5.92 Å². The number of aromatic nitrogens is 2. The van der Waals surface area contributed by atoms with Crippen LogP contribution in [0.5, 0.6) is 0 Å². The van der Waals surface area contributed by atoms with Crippen LogP contribution in [0.2, 0.25) is 0 Å². The van der Waals surface area contributed by atoms with Gasteiger partial charge in [-0.2, -0.15) is 5.10 Å². The van der Waals surface area contributed by atoms with Gasteiger partial charge in [0, 0.05) is 11.2 Å². The number of rotatable bonds is 4. The Kier molecular flexibility index (Phi) is 2.35. The van der Waals surface area contributed by atoms with Crippen molar-refractivity contribution in [3.63, 3.8) is 0 Å². The van der Waals surface area contributed by atoms with Crippen LogP contribution >= 0.6 is 0 Å². The summed E-state index contributed by atoms with van der Waals surface area (Å²) >= 11 is 0. The molecule has 1 aromatic heterocycles. The summed E-state index contributed by atoms with van der Waals surface area (Å²) in [6, 6.07) is 0. The van der Waals surface area contributed by atoms with Gasteiger partial charge in [-0.05, 0) is 37.2 Å². The van der Waals surface area contributed by atoms with Crippen LogP contribution in [-0.4, -0.2) is 15.7 Å². The Morgan fingerprint density at radius 1 is 1.57 bits per heavy atom. The smallest absolute Gasteiger partial charge is 0.0522 e. The number of aryl methyl sites for hydroxylation is 1. The SMILES string of the molecule is CC(C)c1[nH]ncc1CCC1(N)CC1. The number of hydrogen-bond acceptors (Lipinski definition) is 2. The fourth-order valence-electron chi connectivity index (χ4n) is 1.81. The van der Waals surface area contributed by atoms with Gasteiger partial charge in [0.2, 0.25) is 0 Å². The average molecular weight is 193 g/mol. The summed E-state index contributed by atoms with van der Waals surface area (Å²) in [7, 11) is 0. The lowest BCUT2D eigenvalue weighted by Gasteiger charge is -2.09. The van der Waals surface area contributed by atoms with Gasteiger partial charge in [0.15, 0.2) is 0 Å². The van der Waals surface area contributed by atoms with Gasteiger partial charge in [-0.25, -0.2) is 0 Å². The molecular formula is C11H19N3. The van der Waals surface area contributed by atoms with Crippen LogP contribution < -0.4 is 5.73 Å². The van der Waals surface area contributed by atoms with Crippen LogP contribution in [0, 0.1) is 0 Å². The number of nitrogens with two attached hydrogens (primary N) is 1. The summed E-state index contributed by atoms with van der Waals surface area (Å²) in [6.45, 7) is 4.37. The highest BCUT2D eigenvalue weighted by Crippen LogP contribution is 2.36. The quantitative estimate of drug-likeness (QED) is 0.768. The first kappa shape index (κ1) is 9.71. The molecule has 0 aromatic carbocycles. The Morgan fingerprint density at radius 2 is 2.29 bits per heavy atom. The van der Waals surface area contributed by atoms with E-state index in [4.69, 9.17) is 5.73 Å². The normalized spacial score (nSPS) is 18.9. The van der Waals surface area contributed by atoms with Crippen LogP contribution in [0.1, 0.15) is 50.3 Å². The third-order valence-electron chi connectivity index (χ3n) is 3.11. The lowest BCUT2D eigenvalue weighted by atomic mass is 10.00. The van der Waals surface area contributed by atoms with Crippen molar-refractivity contribution in [1.82, 2.24) is 10.2 Å². The minimum absolute atomic E-state index is 0.158. The number of aromatic amines is 1. The van der Waals surface area contributed by atoms with Crippen molar-refractivity contribution < 1.29 is 0 Å². The van der Waals surface area contributed by atoms with Crippen LogP contribution in [-0.2, 0) is 6.42 Å². The largest absolute Gasteiger partial charge is 0.325 e. The highest BCUT2D eigenvalue weighted by molar-refractivity contribution is 5.20. The van der Waals surface area contributed by atoms with Gasteiger partial charge in [0.05, 0.1) is 6.20 Å². The molecule has 1 heterocycles. The van der Waals surface area contributed by atoms with Gasteiger partial charge in [0.1, 0.15) is 0 Å². The van der Waals surface area contributed by atoms with E-state index in [1.807, 2.05) is 6.20 Å². The summed E-state index contributed by atoms with van der Waals surface area (Å²) in [5.41, 5.74) is 8.83. The molecule has 0 atom stereocenters. The van der Waals surface area contributed by atoms with Crippen LogP contribution in [0.4, 0.5) is 0 Å². The van der Waals surface area contributed by atoms with Gasteiger partial charge in [-0.1, -0.05) is 13.8 Å². The summed E-state index contributed by atoms with van der Waals surface area (Å²) in [5, 5.41) is 7.17. The Morgan fingerprint density at radius 3 is 2.86 bits per heavy atom. The van der Waals surface area contributed by atoms with Crippen molar-refractivity contribution in [3.05, 3.63) is 17.5 Å². The van der Waals surface area contributed by atoms with Gasteiger partial charge in [-0.3, -0.25) is 5.10 Å². The van der Waals surface area contributed by atoms with Crippen molar-refractivity contribution >= 4 is 0 Å². The molecule has 0 saturated heterocycles. The van der Waals surface area contributed by atoms with Crippen LogP contribution in [0.15, 0.2) is 6.20 Å². The molecule has 2 rings (SSSR count). The van der Waals surface area contributed by atoms with E-state index >= 15 is 0 Å². The predicted octanol–water partition coefficient (Wildman–Crippen LogP) is 1.96. The number of hydrogen-bond donors (Lipinski definition) is 2. The zero-order chi connectivity index (χ0) is 10.2. The van der Waals surface area contributed by atoms with E-state index in [1.54, 1.807) is 0 Å². The Balaban J connectivity index is 1.98. The lowest BCUT2D eigenvalue weighted by Crippen LogP contribution is -2.22. The van der Waals surface area contributed by atoms with Gasteiger partial charge in [-0.15, -0.1) is 0 Å². The molecular weight excluding hydrogens is 174 g/mol. The van der Waals surface area contributed by atoms with E-state index in [9.17, 15) is 0 Å². The molecule has 0 spiro atoms. The number of H-pyrrole nitrogens is 1. The highest BCUT2D eigenvalue weighted by Gasteiger charge is 2.37.